The van der Waals surface area contributed by atoms with Crippen LogP contribution in [0.2, 0.25) is 0 Å². The lowest BCUT2D eigenvalue weighted by Gasteiger charge is -2.17. The van der Waals surface area contributed by atoms with Crippen molar-refractivity contribution in [2.45, 2.75) is 31.7 Å². The Labute approximate surface area is 151 Å². The van der Waals surface area contributed by atoms with Crippen molar-refractivity contribution in [2.24, 2.45) is 7.05 Å². The molecule has 0 saturated carbocycles. The van der Waals surface area contributed by atoms with Gasteiger partial charge in [0.2, 0.25) is 5.16 Å². The van der Waals surface area contributed by atoms with Crippen LogP contribution in [0.4, 0.5) is 0 Å². The van der Waals surface area contributed by atoms with E-state index in [1.807, 2.05) is 7.05 Å². The van der Waals surface area contributed by atoms with Crippen molar-refractivity contribution in [3.05, 3.63) is 42.0 Å². The number of nitrogens with one attached hydrogen (secondary N) is 1. The molecule has 0 spiro atoms. The minimum absolute atomic E-state index is 0.152. The zero-order chi connectivity index (χ0) is 17.6. The molecular weight excluding hydrogens is 334 g/mol. The number of thioether (sulfide) groups is 1. The average molecular weight is 357 g/mol. The number of ether oxygens (including phenoxy) is 1. The van der Waals surface area contributed by atoms with Crippen molar-refractivity contribution >= 4 is 22.5 Å². The van der Waals surface area contributed by atoms with Crippen molar-refractivity contribution in [1.82, 2.24) is 25.5 Å². The number of aromatic nitrogens is 4. The normalized spacial score (nSPS) is 11.4. The molecule has 132 valence electrons. The van der Waals surface area contributed by atoms with Crippen molar-refractivity contribution in [2.75, 3.05) is 12.3 Å². The van der Waals surface area contributed by atoms with E-state index >= 15 is 0 Å². The molecule has 0 aliphatic rings. The van der Waals surface area contributed by atoms with Gasteiger partial charge in [0.15, 0.2) is 0 Å². The van der Waals surface area contributed by atoms with Gasteiger partial charge in [-0.25, -0.2) is 4.68 Å². The molecule has 1 aromatic heterocycles. The zero-order valence-electron chi connectivity index (χ0n) is 14.8. The third-order valence-electron chi connectivity index (χ3n) is 3.75. The van der Waals surface area contributed by atoms with Gasteiger partial charge in [0, 0.05) is 31.5 Å². The molecule has 0 atom stereocenters. The van der Waals surface area contributed by atoms with Crippen LogP contribution in [0.3, 0.4) is 0 Å². The average Bonchev–Trinajstić information content (AvgIpc) is 3.00. The van der Waals surface area contributed by atoms with Crippen molar-refractivity contribution < 1.29 is 4.74 Å². The summed E-state index contributed by atoms with van der Waals surface area (Å²) in [7, 11) is 1.85. The highest BCUT2D eigenvalue weighted by molar-refractivity contribution is 7.99. The van der Waals surface area contributed by atoms with E-state index in [0.717, 1.165) is 29.7 Å². The van der Waals surface area contributed by atoms with Gasteiger partial charge in [0.1, 0.15) is 5.75 Å². The topological polar surface area (TPSA) is 64.9 Å². The molecule has 7 heteroatoms. The van der Waals surface area contributed by atoms with E-state index in [1.165, 1.54) is 16.3 Å². The van der Waals surface area contributed by atoms with Gasteiger partial charge in [-0.15, -0.1) is 5.10 Å². The Morgan fingerprint density at radius 3 is 2.80 bits per heavy atom. The summed E-state index contributed by atoms with van der Waals surface area (Å²) in [5.74, 6) is 1.85. The number of nitrogens with zero attached hydrogens (tertiary/aromatic N) is 4. The zero-order valence-corrected chi connectivity index (χ0v) is 15.6. The Morgan fingerprint density at radius 2 is 2.04 bits per heavy atom. The van der Waals surface area contributed by atoms with Crippen molar-refractivity contribution in [1.29, 1.82) is 0 Å². The molecule has 1 N–H and O–H groups in total. The van der Waals surface area contributed by atoms with Gasteiger partial charge in [-0.2, -0.15) is 0 Å². The Kier molecular flexibility index (Phi) is 5.88. The van der Waals surface area contributed by atoms with Crippen LogP contribution in [0.5, 0.6) is 5.75 Å². The molecule has 0 fully saturated rings. The molecule has 2 aromatic carbocycles. The lowest BCUT2D eigenvalue weighted by atomic mass is 10.0. The molecule has 0 aliphatic heterocycles. The van der Waals surface area contributed by atoms with E-state index < -0.39 is 0 Å². The second kappa shape index (κ2) is 8.31. The van der Waals surface area contributed by atoms with E-state index in [2.05, 4.69) is 71.1 Å². The smallest absolute Gasteiger partial charge is 0.209 e. The van der Waals surface area contributed by atoms with Gasteiger partial charge < -0.3 is 10.1 Å². The number of tetrazole rings is 1. The molecule has 0 radical (unpaired) electrons. The minimum atomic E-state index is 0.152. The standard InChI is InChI=1S/C18H23N5OS/c1-13(2)24-17-9-8-14-6-4-5-7-15(14)16(17)12-19-10-11-25-18-20-21-22-23(18)3/h4-9,13,19H,10-12H2,1-3H3. The van der Waals surface area contributed by atoms with Crippen LogP contribution in [-0.2, 0) is 13.6 Å². The summed E-state index contributed by atoms with van der Waals surface area (Å²) in [6, 6.07) is 12.6. The second-order valence-corrected chi connectivity index (χ2v) is 7.10. The molecule has 6 nitrogen and oxygen atoms in total. The summed E-state index contributed by atoms with van der Waals surface area (Å²) >= 11 is 1.64. The van der Waals surface area contributed by atoms with Gasteiger partial charge in [-0.1, -0.05) is 42.1 Å². The molecule has 3 rings (SSSR count). The summed E-state index contributed by atoms with van der Waals surface area (Å²) in [6.45, 7) is 5.73. The monoisotopic (exact) mass is 357 g/mol. The quantitative estimate of drug-likeness (QED) is 0.494. The van der Waals surface area contributed by atoms with Crippen LogP contribution in [0.25, 0.3) is 10.8 Å². The van der Waals surface area contributed by atoms with Gasteiger partial charge in [0.05, 0.1) is 6.10 Å². The van der Waals surface area contributed by atoms with Crippen LogP contribution < -0.4 is 10.1 Å². The van der Waals surface area contributed by atoms with Crippen LogP contribution in [0, 0.1) is 0 Å². The van der Waals surface area contributed by atoms with Gasteiger partial charge in [0.25, 0.3) is 0 Å². The number of aryl methyl sites for hydroxylation is 1. The van der Waals surface area contributed by atoms with E-state index in [4.69, 9.17) is 4.74 Å². The maximum atomic E-state index is 6.01. The highest BCUT2D eigenvalue weighted by Gasteiger charge is 2.10. The van der Waals surface area contributed by atoms with Crippen molar-refractivity contribution in [3.8, 4) is 5.75 Å². The number of fused-ring (bicyclic) bond motifs is 1. The highest BCUT2D eigenvalue weighted by Crippen LogP contribution is 2.28. The fourth-order valence-corrected chi connectivity index (χ4v) is 3.38. The molecule has 0 unspecified atom stereocenters. The predicted molar refractivity (Wildman–Crippen MR) is 101 cm³/mol. The largest absolute Gasteiger partial charge is 0.491 e. The van der Waals surface area contributed by atoms with Gasteiger partial charge in [-0.05, 0) is 41.1 Å². The second-order valence-electron chi connectivity index (χ2n) is 6.04. The van der Waals surface area contributed by atoms with Gasteiger partial charge >= 0.3 is 0 Å². The maximum Gasteiger partial charge on any atom is 0.209 e. The number of hydrogen-bond donors (Lipinski definition) is 1. The molecule has 1 heterocycles. The highest BCUT2D eigenvalue weighted by atomic mass is 32.2. The molecule has 0 saturated heterocycles. The predicted octanol–water partition coefficient (Wildman–Crippen LogP) is 3.03. The summed E-state index contributed by atoms with van der Waals surface area (Å²) in [5.41, 5.74) is 1.21. The van der Waals surface area contributed by atoms with Gasteiger partial charge in [-0.3, -0.25) is 0 Å². The van der Waals surface area contributed by atoms with Crippen LogP contribution in [-0.4, -0.2) is 38.6 Å². The third kappa shape index (κ3) is 4.49. The van der Waals surface area contributed by atoms with E-state index in [-0.39, 0.29) is 6.10 Å². The lowest BCUT2D eigenvalue weighted by molar-refractivity contribution is 0.240. The molecule has 3 aromatic rings. The van der Waals surface area contributed by atoms with Crippen LogP contribution in [0.15, 0.2) is 41.6 Å². The fourth-order valence-electron chi connectivity index (χ4n) is 2.63. The molecule has 0 amide bonds. The van der Waals surface area contributed by atoms with E-state index in [1.54, 1.807) is 16.4 Å². The molecule has 25 heavy (non-hydrogen) atoms. The number of benzene rings is 2. The Balaban J connectivity index is 1.65. The maximum absolute atomic E-state index is 6.01. The lowest BCUT2D eigenvalue weighted by Crippen LogP contribution is -2.18. The number of rotatable bonds is 8. The minimum Gasteiger partial charge on any atom is -0.491 e. The number of hydrogen-bond acceptors (Lipinski definition) is 6. The molecular formula is C18H23N5OS. The molecule has 0 aliphatic carbocycles. The summed E-state index contributed by atoms with van der Waals surface area (Å²) in [6.07, 6.45) is 0.152. The Bertz CT molecular complexity index is 833. The summed E-state index contributed by atoms with van der Waals surface area (Å²) in [4.78, 5) is 0. The van der Waals surface area contributed by atoms with Crippen LogP contribution >= 0.6 is 11.8 Å². The first kappa shape index (κ1) is 17.7. The fraction of sp³-hybridized carbons (Fsp3) is 0.389. The SMILES string of the molecule is CC(C)Oc1ccc2ccccc2c1CNCCSc1nnnn1C. The van der Waals surface area contributed by atoms with E-state index in [9.17, 15) is 0 Å². The summed E-state index contributed by atoms with van der Waals surface area (Å²) in [5, 5.41) is 18.3. The first-order valence-corrected chi connectivity index (χ1v) is 9.37. The molecule has 0 bridgehead atoms. The van der Waals surface area contributed by atoms with Crippen molar-refractivity contribution in [3.63, 3.8) is 0 Å². The third-order valence-corrected chi connectivity index (χ3v) is 4.77. The first-order valence-electron chi connectivity index (χ1n) is 8.38. The van der Waals surface area contributed by atoms with Crippen LogP contribution in [0.1, 0.15) is 19.4 Å². The summed E-state index contributed by atoms with van der Waals surface area (Å²) < 4.78 is 7.69. The Hall–Kier alpha value is -2.12. The van der Waals surface area contributed by atoms with E-state index in [0.29, 0.717) is 0 Å². The first-order chi connectivity index (χ1) is 12.1. The Morgan fingerprint density at radius 1 is 1.20 bits per heavy atom.